The molecule has 0 radical (unpaired) electrons. The molecule has 14 heavy (non-hydrogen) atoms. The lowest BCUT2D eigenvalue weighted by molar-refractivity contribution is 0.600. The minimum Gasteiger partial charge on any atom is -0.381 e. The van der Waals surface area contributed by atoms with Gasteiger partial charge in [0.1, 0.15) is 5.02 Å². The standard InChI is InChI=1S/C7H9ClN6/c1-2-13-6(3-10-12-13)14-4-5(8)7(9)11-14/h3-4H,2H2,1H3,(H2,9,11). The first kappa shape index (κ1) is 9.01. The smallest absolute Gasteiger partial charge is 0.172 e. The fourth-order valence-electron chi connectivity index (χ4n) is 1.14. The van der Waals surface area contributed by atoms with Gasteiger partial charge < -0.3 is 5.73 Å². The van der Waals surface area contributed by atoms with Crippen molar-refractivity contribution in [2.45, 2.75) is 13.5 Å². The van der Waals surface area contributed by atoms with E-state index in [2.05, 4.69) is 15.4 Å². The lowest BCUT2D eigenvalue weighted by Crippen LogP contribution is -2.06. The van der Waals surface area contributed by atoms with Gasteiger partial charge in [0.15, 0.2) is 11.6 Å². The third kappa shape index (κ3) is 1.33. The lowest BCUT2D eigenvalue weighted by Gasteiger charge is -2.01. The normalized spacial score (nSPS) is 10.7. The SMILES string of the molecule is CCn1nncc1-n1cc(Cl)c(N)n1. The molecule has 74 valence electrons. The number of rotatable bonds is 2. The van der Waals surface area contributed by atoms with E-state index < -0.39 is 0 Å². The van der Waals surface area contributed by atoms with Gasteiger partial charge in [0.05, 0.1) is 12.4 Å². The monoisotopic (exact) mass is 212 g/mol. The zero-order chi connectivity index (χ0) is 10.1. The number of aryl methyl sites for hydroxylation is 1. The van der Waals surface area contributed by atoms with Gasteiger partial charge >= 0.3 is 0 Å². The summed E-state index contributed by atoms with van der Waals surface area (Å²) < 4.78 is 3.25. The molecule has 0 aliphatic rings. The first-order valence-electron chi connectivity index (χ1n) is 4.12. The fourth-order valence-corrected chi connectivity index (χ4v) is 1.27. The molecule has 2 aromatic heterocycles. The number of hydrogen-bond acceptors (Lipinski definition) is 4. The van der Waals surface area contributed by atoms with Gasteiger partial charge in [-0.05, 0) is 6.92 Å². The highest BCUT2D eigenvalue weighted by molar-refractivity contribution is 6.32. The number of nitrogens with zero attached hydrogens (tertiary/aromatic N) is 5. The maximum atomic E-state index is 5.78. The van der Waals surface area contributed by atoms with Crippen molar-refractivity contribution in [3.63, 3.8) is 0 Å². The Labute approximate surface area is 85.3 Å². The van der Waals surface area contributed by atoms with E-state index in [9.17, 15) is 0 Å². The molecule has 0 aromatic carbocycles. The van der Waals surface area contributed by atoms with Crippen LogP contribution in [0.1, 0.15) is 6.92 Å². The Balaban J connectivity index is 2.49. The number of nitrogen functional groups attached to an aromatic ring is 1. The van der Waals surface area contributed by atoms with Crippen LogP contribution in [0.3, 0.4) is 0 Å². The zero-order valence-electron chi connectivity index (χ0n) is 7.55. The summed E-state index contributed by atoms with van der Waals surface area (Å²) in [5.74, 6) is 1.04. The number of anilines is 1. The van der Waals surface area contributed by atoms with Crippen molar-refractivity contribution in [1.82, 2.24) is 24.8 Å². The molecule has 0 saturated heterocycles. The average Bonchev–Trinajstić information content (AvgIpc) is 2.73. The highest BCUT2D eigenvalue weighted by Gasteiger charge is 2.08. The second-order valence-electron chi connectivity index (χ2n) is 2.71. The Morgan fingerprint density at radius 2 is 2.36 bits per heavy atom. The molecule has 0 fully saturated rings. The van der Waals surface area contributed by atoms with Crippen molar-refractivity contribution < 1.29 is 0 Å². The highest BCUT2D eigenvalue weighted by atomic mass is 35.5. The van der Waals surface area contributed by atoms with Crippen molar-refractivity contribution >= 4 is 17.4 Å². The zero-order valence-corrected chi connectivity index (χ0v) is 8.31. The second kappa shape index (κ2) is 3.30. The van der Waals surface area contributed by atoms with Crippen LogP contribution in [0.25, 0.3) is 5.82 Å². The molecular formula is C7H9ClN6. The van der Waals surface area contributed by atoms with Crippen LogP contribution in [0.4, 0.5) is 5.82 Å². The second-order valence-corrected chi connectivity index (χ2v) is 3.12. The molecule has 2 heterocycles. The van der Waals surface area contributed by atoms with Crippen LogP contribution in [0.2, 0.25) is 5.02 Å². The van der Waals surface area contributed by atoms with Crippen molar-refractivity contribution in [3.05, 3.63) is 17.4 Å². The lowest BCUT2D eigenvalue weighted by atomic mass is 10.6. The van der Waals surface area contributed by atoms with E-state index >= 15 is 0 Å². The molecule has 0 saturated carbocycles. The summed E-state index contributed by atoms with van der Waals surface area (Å²) in [6, 6.07) is 0. The van der Waals surface area contributed by atoms with Crippen LogP contribution in [-0.2, 0) is 6.54 Å². The van der Waals surface area contributed by atoms with Gasteiger partial charge in [-0.25, -0.2) is 9.36 Å². The Kier molecular flexibility index (Phi) is 2.12. The van der Waals surface area contributed by atoms with E-state index in [0.717, 1.165) is 5.82 Å². The summed E-state index contributed by atoms with van der Waals surface area (Å²) in [6.07, 6.45) is 3.23. The predicted molar refractivity (Wildman–Crippen MR) is 52.2 cm³/mol. The molecular weight excluding hydrogens is 204 g/mol. The molecule has 0 amide bonds. The maximum Gasteiger partial charge on any atom is 0.172 e. The van der Waals surface area contributed by atoms with Gasteiger partial charge in [0, 0.05) is 6.54 Å². The van der Waals surface area contributed by atoms with Crippen molar-refractivity contribution in [1.29, 1.82) is 0 Å². The molecule has 0 aliphatic heterocycles. The van der Waals surface area contributed by atoms with E-state index in [1.807, 2.05) is 6.92 Å². The van der Waals surface area contributed by atoms with Gasteiger partial charge in [0.25, 0.3) is 0 Å². The Morgan fingerprint density at radius 3 is 2.93 bits per heavy atom. The van der Waals surface area contributed by atoms with E-state index in [-0.39, 0.29) is 0 Å². The minimum atomic E-state index is 0.301. The highest BCUT2D eigenvalue weighted by Crippen LogP contribution is 2.17. The van der Waals surface area contributed by atoms with E-state index in [4.69, 9.17) is 17.3 Å². The van der Waals surface area contributed by atoms with Crippen LogP contribution in [0.5, 0.6) is 0 Å². The summed E-state index contributed by atoms with van der Waals surface area (Å²) >= 11 is 5.78. The first-order chi connectivity index (χ1) is 6.72. The van der Waals surface area contributed by atoms with Crippen molar-refractivity contribution in [2.24, 2.45) is 0 Å². The number of halogens is 1. The van der Waals surface area contributed by atoms with Gasteiger partial charge in [-0.15, -0.1) is 10.2 Å². The van der Waals surface area contributed by atoms with Crippen LogP contribution < -0.4 is 5.73 Å². The Hall–Kier alpha value is -1.56. The van der Waals surface area contributed by atoms with Gasteiger partial charge in [0.2, 0.25) is 0 Å². The van der Waals surface area contributed by atoms with E-state index in [1.54, 1.807) is 21.8 Å². The van der Waals surface area contributed by atoms with Crippen molar-refractivity contribution in [2.75, 3.05) is 5.73 Å². The fraction of sp³-hybridized carbons (Fsp3) is 0.286. The molecule has 0 unspecified atom stereocenters. The van der Waals surface area contributed by atoms with E-state index in [1.165, 1.54) is 0 Å². The van der Waals surface area contributed by atoms with Crippen LogP contribution in [0, 0.1) is 0 Å². The average molecular weight is 213 g/mol. The van der Waals surface area contributed by atoms with Gasteiger partial charge in [-0.2, -0.15) is 0 Å². The number of nitrogens with two attached hydrogens (primary N) is 1. The summed E-state index contributed by atoms with van der Waals surface area (Å²) in [4.78, 5) is 0. The number of aromatic nitrogens is 5. The van der Waals surface area contributed by atoms with Crippen LogP contribution in [-0.4, -0.2) is 24.8 Å². The molecule has 7 heteroatoms. The minimum absolute atomic E-state index is 0.301. The summed E-state index contributed by atoms with van der Waals surface area (Å²) in [6.45, 7) is 2.68. The molecule has 0 spiro atoms. The third-order valence-electron chi connectivity index (χ3n) is 1.83. The maximum absolute atomic E-state index is 5.78. The molecule has 2 rings (SSSR count). The molecule has 6 nitrogen and oxygen atoms in total. The van der Waals surface area contributed by atoms with Gasteiger partial charge in [-0.3, -0.25) is 0 Å². The Bertz CT molecular complexity index is 425. The third-order valence-corrected chi connectivity index (χ3v) is 2.12. The summed E-state index contributed by atoms with van der Waals surface area (Å²) in [5, 5.41) is 12.1. The molecule has 0 atom stereocenters. The topological polar surface area (TPSA) is 74.5 Å². The van der Waals surface area contributed by atoms with Crippen molar-refractivity contribution in [3.8, 4) is 5.82 Å². The molecule has 2 N–H and O–H groups in total. The Morgan fingerprint density at radius 1 is 1.57 bits per heavy atom. The summed E-state index contributed by atoms with van der Waals surface area (Å²) in [7, 11) is 0. The van der Waals surface area contributed by atoms with Crippen LogP contribution in [0.15, 0.2) is 12.4 Å². The quantitative estimate of drug-likeness (QED) is 0.796. The molecule has 2 aromatic rings. The summed E-state index contributed by atoms with van der Waals surface area (Å²) in [5.41, 5.74) is 5.52. The first-order valence-corrected chi connectivity index (χ1v) is 4.49. The largest absolute Gasteiger partial charge is 0.381 e. The van der Waals surface area contributed by atoms with Gasteiger partial charge in [-0.1, -0.05) is 16.8 Å². The molecule has 0 bridgehead atoms. The molecule has 0 aliphatic carbocycles. The predicted octanol–water partition coefficient (Wildman–Crippen LogP) is 0.719. The van der Waals surface area contributed by atoms with E-state index in [0.29, 0.717) is 17.4 Å². The van der Waals surface area contributed by atoms with Crippen LogP contribution >= 0.6 is 11.6 Å². The number of hydrogen-bond donors (Lipinski definition) is 1.